The van der Waals surface area contributed by atoms with Gasteiger partial charge in [-0.2, -0.15) is 0 Å². The molecule has 1 aromatic carbocycles. The number of nitrogens with zero attached hydrogens (tertiary/aromatic N) is 1. The van der Waals surface area contributed by atoms with Crippen LogP contribution in [-0.2, 0) is 11.2 Å². The van der Waals surface area contributed by atoms with Gasteiger partial charge in [-0.15, -0.1) is 0 Å². The largest absolute Gasteiger partial charge is 0.300 e. The van der Waals surface area contributed by atoms with Gasteiger partial charge in [0, 0.05) is 23.7 Å². The summed E-state index contributed by atoms with van der Waals surface area (Å²) in [5.41, 5.74) is 1.02. The molecule has 0 saturated heterocycles. The van der Waals surface area contributed by atoms with Gasteiger partial charge in [-0.3, -0.25) is 4.98 Å². The highest BCUT2D eigenvalue weighted by Gasteiger charge is 2.02. The molecule has 0 aliphatic rings. The molecule has 15 heavy (non-hydrogen) atoms. The van der Waals surface area contributed by atoms with E-state index < -0.39 is 0 Å². The molecule has 0 amide bonds. The van der Waals surface area contributed by atoms with Crippen molar-refractivity contribution in [3.63, 3.8) is 0 Å². The van der Waals surface area contributed by atoms with Crippen LogP contribution in [0, 0.1) is 0 Å². The van der Waals surface area contributed by atoms with Gasteiger partial charge in [-0.05, 0) is 24.8 Å². The van der Waals surface area contributed by atoms with E-state index in [2.05, 4.69) is 17.1 Å². The van der Waals surface area contributed by atoms with Gasteiger partial charge in [0.05, 0.1) is 0 Å². The fourth-order valence-electron chi connectivity index (χ4n) is 1.68. The van der Waals surface area contributed by atoms with Crippen LogP contribution in [0.2, 0.25) is 0 Å². The van der Waals surface area contributed by atoms with Crippen LogP contribution in [0.3, 0.4) is 0 Å². The minimum absolute atomic E-state index is 0.213. The minimum Gasteiger partial charge on any atom is -0.300 e. The summed E-state index contributed by atoms with van der Waals surface area (Å²) in [6.07, 6.45) is 3.11. The van der Waals surface area contributed by atoms with E-state index in [1.54, 1.807) is 13.1 Å². The molecule has 0 saturated carbocycles. The Labute approximate surface area is 89.0 Å². The quantitative estimate of drug-likeness (QED) is 0.760. The Balaban J connectivity index is 2.38. The topological polar surface area (TPSA) is 30.0 Å². The number of carbonyl (C=O) groups excluding carboxylic acids is 1. The molecule has 1 aromatic heterocycles. The monoisotopic (exact) mass is 199 g/mol. The Hall–Kier alpha value is -1.70. The first kappa shape index (κ1) is 9.84. The third-order valence-corrected chi connectivity index (χ3v) is 2.47. The van der Waals surface area contributed by atoms with Crippen LogP contribution >= 0.6 is 0 Å². The van der Waals surface area contributed by atoms with Gasteiger partial charge in [0.15, 0.2) is 0 Å². The summed E-state index contributed by atoms with van der Waals surface area (Å²) in [7, 11) is 0. The maximum absolute atomic E-state index is 10.9. The molecule has 76 valence electrons. The Kier molecular flexibility index (Phi) is 2.77. The predicted molar refractivity (Wildman–Crippen MR) is 60.7 cm³/mol. The lowest BCUT2D eigenvalue weighted by Gasteiger charge is -2.03. The Morgan fingerprint density at radius 3 is 2.87 bits per heavy atom. The first-order valence-electron chi connectivity index (χ1n) is 5.09. The highest BCUT2D eigenvalue weighted by Crippen LogP contribution is 2.17. The van der Waals surface area contributed by atoms with Gasteiger partial charge in [-0.1, -0.05) is 24.3 Å². The summed E-state index contributed by atoms with van der Waals surface area (Å²) in [4.78, 5) is 15.3. The SMILES string of the molecule is CC(=O)CCc1nccc2ccccc12. The molecule has 0 aliphatic heterocycles. The molecule has 2 aromatic rings. The number of aryl methyl sites for hydroxylation is 1. The summed E-state index contributed by atoms with van der Waals surface area (Å²) >= 11 is 0. The third kappa shape index (κ3) is 2.21. The van der Waals surface area contributed by atoms with Gasteiger partial charge in [-0.25, -0.2) is 0 Å². The number of ketones is 1. The van der Waals surface area contributed by atoms with Crippen LogP contribution in [0.5, 0.6) is 0 Å². The van der Waals surface area contributed by atoms with Gasteiger partial charge in [0.1, 0.15) is 5.78 Å². The summed E-state index contributed by atoms with van der Waals surface area (Å²) in [5, 5.41) is 2.34. The Morgan fingerprint density at radius 1 is 1.27 bits per heavy atom. The number of hydrogen-bond donors (Lipinski definition) is 0. The normalized spacial score (nSPS) is 10.5. The van der Waals surface area contributed by atoms with Crippen molar-refractivity contribution in [2.24, 2.45) is 0 Å². The fraction of sp³-hybridized carbons (Fsp3) is 0.231. The molecule has 0 N–H and O–H groups in total. The number of benzene rings is 1. The highest BCUT2D eigenvalue weighted by molar-refractivity contribution is 5.85. The maximum atomic E-state index is 10.9. The third-order valence-electron chi connectivity index (χ3n) is 2.47. The molecular weight excluding hydrogens is 186 g/mol. The van der Waals surface area contributed by atoms with E-state index in [1.807, 2.05) is 18.2 Å². The molecule has 0 unspecified atom stereocenters. The number of carbonyl (C=O) groups is 1. The van der Waals surface area contributed by atoms with Crippen LogP contribution in [0.25, 0.3) is 10.8 Å². The fourth-order valence-corrected chi connectivity index (χ4v) is 1.68. The minimum atomic E-state index is 0.213. The predicted octanol–water partition coefficient (Wildman–Crippen LogP) is 2.76. The molecule has 0 radical (unpaired) electrons. The van der Waals surface area contributed by atoms with Crippen molar-refractivity contribution in [3.05, 3.63) is 42.2 Å². The zero-order valence-corrected chi connectivity index (χ0v) is 8.73. The molecule has 0 fully saturated rings. The van der Waals surface area contributed by atoms with E-state index in [9.17, 15) is 4.79 Å². The first-order valence-corrected chi connectivity index (χ1v) is 5.09. The van der Waals surface area contributed by atoms with E-state index in [1.165, 1.54) is 5.39 Å². The number of hydrogen-bond acceptors (Lipinski definition) is 2. The average molecular weight is 199 g/mol. The van der Waals surface area contributed by atoms with E-state index >= 15 is 0 Å². The van der Waals surface area contributed by atoms with Crippen molar-refractivity contribution < 1.29 is 4.79 Å². The van der Waals surface area contributed by atoms with Crippen molar-refractivity contribution >= 4 is 16.6 Å². The second kappa shape index (κ2) is 4.22. The van der Waals surface area contributed by atoms with Gasteiger partial charge in [0.2, 0.25) is 0 Å². The zero-order chi connectivity index (χ0) is 10.7. The van der Waals surface area contributed by atoms with E-state index in [0.717, 1.165) is 17.5 Å². The molecule has 0 bridgehead atoms. The smallest absolute Gasteiger partial charge is 0.130 e. The molecule has 0 aliphatic carbocycles. The molecule has 0 atom stereocenters. The van der Waals surface area contributed by atoms with Crippen LogP contribution in [-0.4, -0.2) is 10.8 Å². The number of Topliss-reactive ketones (excluding diaryl/α,β-unsaturated/α-hetero) is 1. The number of pyridine rings is 1. The van der Waals surface area contributed by atoms with Crippen LogP contribution in [0.15, 0.2) is 36.5 Å². The lowest BCUT2D eigenvalue weighted by molar-refractivity contribution is -0.116. The van der Waals surface area contributed by atoms with E-state index in [4.69, 9.17) is 0 Å². The number of rotatable bonds is 3. The highest BCUT2D eigenvalue weighted by atomic mass is 16.1. The van der Waals surface area contributed by atoms with Crippen LogP contribution in [0.1, 0.15) is 19.0 Å². The van der Waals surface area contributed by atoms with Gasteiger partial charge in [0.25, 0.3) is 0 Å². The maximum Gasteiger partial charge on any atom is 0.130 e. The first-order chi connectivity index (χ1) is 7.27. The van der Waals surface area contributed by atoms with E-state index in [-0.39, 0.29) is 5.78 Å². The number of fused-ring (bicyclic) bond motifs is 1. The zero-order valence-electron chi connectivity index (χ0n) is 8.73. The summed E-state index contributed by atoms with van der Waals surface area (Å²) in [6, 6.07) is 10.1. The van der Waals surface area contributed by atoms with Crippen LogP contribution in [0.4, 0.5) is 0 Å². The number of aromatic nitrogens is 1. The van der Waals surface area contributed by atoms with Crippen molar-refractivity contribution in [2.45, 2.75) is 19.8 Å². The van der Waals surface area contributed by atoms with Crippen LogP contribution < -0.4 is 0 Å². The van der Waals surface area contributed by atoms with E-state index in [0.29, 0.717) is 6.42 Å². The molecule has 2 heteroatoms. The van der Waals surface area contributed by atoms with Crippen molar-refractivity contribution in [1.29, 1.82) is 0 Å². The van der Waals surface area contributed by atoms with Gasteiger partial charge < -0.3 is 4.79 Å². The van der Waals surface area contributed by atoms with Gasteiger partial charge >= 0.3 is 0 Å². The summed E-state index contributed by atoms with van der Waals surface area (Å²) in [6.45, 7) is 1.62. The molecule has 1 heterocycles. The summed E-state index contributed by atoms with van der Waals surface area (Å²) < 4.78 is 0. The Morgan fingerprint density at radius 2 is 2.07 bits per heavy atom. The van der Waals surface area contributed by atoms with Crippen molar-refractivity contribution in [2.75, 3.05) is 0 Å². The Bertz CT molecular complexity index is 485. The van der Waals surface area contributed by atoms with Crippen molar-refractivity contribution in [3.8, 4) is 0 Å². The molecule has 0 spiro atoms. The second-order valence-electron chi connectivity index (χ2n) is 3.68. The lowest BCUT2D eigenvalue weighted by Crippen LogP contribution is -1.97. The average Bonchev–Trinajstić information content (AvgIpc) is 2.26. The summed E-state index contributed by atoms with van der Waals surface area (Å²) in [5.74, 6) is 0.213. The standard InChI is InChI=1S/C13H13NO/c1-10(15)6-7-13-12-5-3-2-4-11(12)8-9-14-13/h2-5,8-9H,6-7H2,1H3. The molecule has 2 rings (SSSR count). The van der Waals surface area contributed by atoms with Crippen molar-refractivity contribution in [1.82, 2.24) is 4.98 Å². The molecule has 2 nitrogen and oxygen atoms in total. The molecular formula is C13H13NO. The lowest BCUT2D eigenvalue weighted by atomic mass is 10.1. The second-order valence-corrected chi connectivity index (χ2v) is 3.68.